The summed E-state index contributed by atoms with van der Waals surface area (Å²) in [6, 6.07) is 6.98. The number of nitrogens with zero attached hydrogens (tertiary/aromatic N) is 1. The van der Waals surface area contributed by atoms with Crippen LogP contribution in [0, 0.1) is 6.92 Å². The highest BCUT2D eigenvalue weighted by Crippen LogP contribution is 2.07. The second kappa shape index (κ2) is 7.12. The number of carbonyl (C=O) groups excluding carboxylic acids is 2. The summed E-state index contributed by atoms with van der Waals surface area (Å²) in [6.45, 7) is 3.99. The maximum Gasteiger partial charge on any atom is 0.244 e. The number of amides is 2. The van der Waals surface area contributed by atoms with Gasteiger partial charge in [-0.2, -0.15) is 0 Å². The lowest BCUT2D eigenvalue weighted by Gasteiger charge is -2.29. The first kappa shape index (κ1) is 17.5. The first-order valence-electron chi connectivity index (χ1n) is 7.61. The average molecular weight is 338 g/mol. The smallest absolute Gasteiger partial charge is 0.244 e. The van der Waals surface area contributed by atoms with Crippen molar-refractivity contribution in [1.82, 2.24) is 10.2 Å². The van der Waals surface area contributed by atoms with Crippen LogP contribution in [0.25, 0.3) is 0 Å². The van der Waals surface area contributed by atoms with E-state index in [9.17, 15) is 18.0 Å². The maximum atomic E-state index is 12.3. The van der Waals surface area contributed by atoms with Crippen molar-refractivity contribution in [3.8, 4) is 0 Å². The summed E-state index contributed by atoms with van der Waals surface area (Å²) in [4.78, 5) is 25.8. The van der Waals surface area contributed by atoms with E-state index >= 15 is 0 Å². The number of carbonyl (C=O) groups is 2. The number of benzene rings is 1. The molecule has 1 aliphatic heterocycles. The van der Waals surface area contributed by atoms with Crippen LogP contribution in [0.15, 0.2) is 24.3 Å². The van der Waals surface area contributed by atoms with Gasteiger partial charge in [-0.05, 0) is 19.4 Å². The fraction of sp³-hybridized carbons (Fsp3) is 0.500. The van der Waals surface area contributed by atoms with Crippen LogP contribution in [0.3, 0.4) is 0 Å². The molecule has 2 rings (SSSR count). The predicted octanol–water partition coefficient (Wildman–Crippen LogP) is 0.299. The number of sulfone groups is 1. The fourth-order valence-electron chi connectivity index (χ4n) is 2.45. The van der Waals surface area contributed by atoms with Gasteiger partial charge in [0.15, 0.2) is 9.84 Å². The zero-order valence-corrected chi connectivity index (χ0v) is 14.2. The Balaban J connectivity index is 1.85. The van der Waals surface area contributed by atoms with Gasteiger partial charge in [-0.1, -0.05) is 29.8 Å². The van der Waals surface area contributed by atoms with E-state index in [4.69, 9.17) is 0 Å². The number of nitrogens with one attached hydrogen (secondary N) is 1. The maximum absolute atomic E-state index is 12.3. The van der Waals surface area contributed by atoms with Gasteiger partial charge in [0.1, 0.15) is 6.04 Å². The van der Waals surface area contributed by atoms with Crippen LogP contribution >= 0.6 is 0 Å². The van der Waals surface area contributed by atoms with Gasteiger partial charge < -0.3 is 10.2 Å². The van der Waals surface area contributed by atoms with Crippen molar-refractivity contribution in [2.24, 2.45) is 0 Å². The van der Waals surface area contributed by atoms with Crippen molar-refractivity contribution in [3.05, 3.63) is 35.4 Å². The third-order valence-corrected chi connectivity index (χ3v) is 5.50. The Kier molecular flexibility index (Phi) is 5.41. The molecule has 1 unspecified atom stereocenters. The Morgan fingerprint density at radius 2 is 1.74 bits per heavy atom. The Bertz CT molecular complexity index is 669. The lowest BCUT2D eigenvalue weighted by molar-refractivity contribution is -0.135. The van der Waals surface area contributed by atoms with Crippen molar-refractivity contribution in [1.29, 1.82) is 0 Å². The van der Waals surface area contributed by atoms with Crippen molar-refractivity contribution in [2.45, 2.75) is 26.3 Å². The third kappa shape index (κ3) is 5.06. The zero-order valence-electron chi connectivity index (χ0n) is 13.4. The zero-order chi connectivity index (χ0) is 17.0. The second-order valence-electron chi connectivity index (χ2n) is 5.93. The molecule has 2 amide bonds. The van der Waals surface area contributed by atoms with Gasteiger partial charge >= 0.3 is 0 Å². The summed E-state index contributed by atoms with van der Waals surface area (Å²) in [6.07, 6.45) is 0.215. The lowest BCUT2D eigenvalue weighted by atomic mass is 10.1. The van der Waals surface area contributed by atoms with Crippen molar-refractivity contribution in [2.75, 3.05) is 24.6 Å². The first-order valence-corrected chi connectivity index (χ1v) is 9.43. The molecule has 0 radical (unpaired) electrons. The number of hydrogen-bond acceptors (Lipinski definition) is 4. The lowest BCUT2D eigenvalue weighted by Crippen LogP contribution is -2.51. The summed E-state index contributed by atoms with van der Waals surface area (Å²) < 4.78 is 22.8. The second-order valence-corrected chi connectivity index (χ2v) is 8.23. The molecule has 1 aromatic carbocycles. The van der Waals surface area contributed by atoms with Gasteiger partial charge in [-0.3, -0.25) is 9.59 Å². The van der Waals surface area contributed by atoms with Crippen molar-refractivity contribution in [3.63, 3.8) is 0 Å². The van der Waals surface area contributed by atoms with E-state index in [-0.39, 0.29) is 42.8 Å². The van der Waals surface area contributed by atoms with E-state index < -0.39 is 15.9 Å². The van der Waals surface area contributed by atoms with Crippen LogP contribution in [-0.4, -0.2) is 55.8 Å². The van der Waals surface area contributed by atoms with E-state index in [1.165, 1.54) is 4.90 Å². The minimum absolute atomic E-state index is 0.0111. The molecule has 1 atom stereocenters. The molecular formula is C16H22N2O4S. The summed E-state index contributed by atoms with van der Waals surface area (Å²) in [7, 11) is -3.02. The molecule has 6 nitrogen and oxygen atoms in total. The highest BCUT2D eigenvalue weighted by Gasteiger charge is 2.28. The molecule has 1 N–H and O–H groups in total. The monoisotopic (exact) mass is 338 g/mol. The number of rotatable bonds is 4. The molecule has 0 aliphatic carbocycles. The molecule has 1 aromatic rings. The molecule has 7 heteroatoms. The molecule has 0 aromatic heterocycles. The van der Waals surface area contributed by atoms with Crippen LogP contribution in [0.1, 0.15) is 18.1 Å². The average Bonchev–Trinajstić information content (AvgIpc) is 2.49. The summed E-state index contributed by atoms with van der Waals surface area (Å²) in [5, 5.41) is 2.68. The van der Waals surface area contributed by atoms with Gasteiger partial charge in [0.05, 0.1) is 17.9 Å². The standard InChI is InChI=1S/C16H22N2O4S/c1-12-3-5-14(6-4-12)11-15(19)17-13(2)16(20)18-7-9-23(21,22)10-8-18/h3-6,13H,7-11H2,1-2H3,(H,17,19). The molecule has 1 saturated heterocycles. The van der Waals surface area contributed by atoms with Crippen LogP contribution < -0.4 is 5.32 Å². The Hall–Kier alpha value is -1.89. The Labute approximate surface area is 136 Å². The van der Waals surface area contributed by atoms with Crippen LogP contribution in [-0.2, 0) is 25.8 Å². The van der Waals surface area contributed by atoms with E-state index in [1.54, 1.807) is 6.92 Å². The summed E-state index contributed by atoms with van der Waals surface area (Å²) >= 11 is 0. The normalized spacial score (nSPS) is 18.3. The molecule has 1 heterocycles. The van der Waals surface area contributed by atoms with Crippen molar-refractivity contribution >= 4 is 21.7 Å². The molecular weight excluding hydrogens is 316 g/mol. The van der Waals surface area contributed by atoms with E-state index in [0.29, 0.717) is 0 Å². The topological polar surface area (TPSA) is 83.6 Å². The van der Waals surface area contributed by atoms with Gasteiger partial charge in [0.2, 0.25) is 11.8 Å². The van der Waals surface area contributed by atoms with Gasteiger partial charge in [-0.25, -0.2) is 8.42 Å². The summed E-state index contributed by atoms with van der Waals surface area (Å²) in [5.74, 6) is -0.484. The largest absolute Gasteiger partial charge is 0.344 e. The van der Waals surface area contributed by atoms with Gasteiger partial charge in [0.25, 0.3) is 0 Å². The third-order valence-electron chi connectivity index (χ3n) is 3.89. The molecule has 23 heavy (non-hydrogen) atoms. The summed E-state index contributed by atoms with van der Waals surface area (Å²) in [5.41, 5.74) is 2.01. The predicted molar refractivity (Wildman–Crippen MR) is 87.7 cm³/mol. The van der Waals surface area contributed by atoms with Crippen LogP contribution in [0.2, 0.25) is 0 Å². The van der Waals surface area contributed by atoms with Gasteiger partial charge in [0, 0.05) is 13.1 Å². The fourth-order valence-corrected chi connectivity index (χ4v) is 3.65. The Morgan fingerprint density at radius 1 is 1.17 bits per heavy atom. The molecule has 0 saturated carbocycles. The van der Waals surface area contributed by atoms with Crippen LogP contribution in [0.4, 0.5) is 0 Å². The highest BCUT2D eigenvalue weighted by atomic mass is 32.2. The Morgan fingerprint density at radius 3 is 2.30 bits per heavy atom. The first-order chi connectivity index (χ1) is 10.8. The number of aryl methyl sites for hydroxylation is 1. The van der Waals surface area contributed by atoms with Crippen LogP contribution in [0.5, 0.6) is 0 Å². The molecule has 1 aliphatic rings. The SMILES string of the molecule is Cc1ccc(CC(=O)NC(C)C(=O)N2CCS(=O)(=O)CC2)cc1. The minimum atomic E-state index is -3.02. The van der Waals surface area contributed by atoms with E-state index in [1.807, 2.05) is 31.2 Å². The van der Waals surface area contributed by atoms with E-state index in [0.717, 1.165) is 11.1 Å². The van der Waals surface area contributed by atoms with Gasteiger partial charge in [-0.15, -0.1) is 0 Å². The molecule has 126 valence electrons. The van der Waals surface area contributed by atoms with Crippen molar-refractivity contribution < 1.29 is 18.0 Å². The van der Waals surface area contributed by atoms with E-state index in [2.05, 4.69) is 5.32 Å². The molecule has 1 fully saturated rings. The highest BCUT2D eigenvalue weighted by molar-refractivity contribution is 7.91. The number of hydrogen-bond donors (Lipinski definition) is 1. The quantitative estimate of drug-likeness (QED) is 0.856. The molecule has 0 spiro atoms. The molecule has 0 bridgehead atoms. The minimum Gasteiger partial charge on any atom is -0.344 e.